The fraction of sp³-hybridized carbons (Fsp3) is 0.571. The van der Waals surface area contributed by atoms with Crippen LogP contribution in [0.1, 0.15) is 32.6 Å². The highest BCUT2D eigenvalue weighted by Crippen LogP contribution is 2.28. The van der Waals surface area contributed by atoms with Gasteiger partial charge in [0, 0.05) is 12.2 Å². The zero-order valence-corrected chi connectivity index (χ0v) is 12.1. The predicted molar refractivity (Wildman–Crippen MR) is 77.4 cm³/mol. The van der Waals surface area contributed by atoms with E-state index in [0.717, 1.165) is 18.2 Å². The van der Waals surface area contributed by atoms with Crippen LogP contribution < -0.4 is 10.5 Å². The molecule has 3 N–H and O–H groups in total. The maximum absolute atomic E-state index is 11.3. The molecule has 2 rings (SSSR count). The topological polar surface area (TPSA) is 72.2 Å². The second-order valence-electron chi connectivity index (χ2n) is 5.58. The summed E-state index contributed by atoms with van der Waals surface area (Å²) in [4.78, 5) is 0.162. The molecule has 4 nitrogen and oxygen atoms in total. The van der Waals surface area contributed by atoms with Crippen LogP contribution in [0.25, 0.3) is 0 Å². The summed E-state index contributed by atoms with van der Waals surface area (Å²) in [5.41, 5.74) is 0.824. The molecule has 0 amide bonds. The van der Waals surface area contributed by atoms with Gasteiger partial charge in [0.15, 0.2) is 0 Å². The Labute approximate surface area is 115 Å². The summed E-state index contributed by atoms with van der Waals surface area (Å²) >= 11 is 0. The molecule has 0 unspecified atom stereocenters. The van der Waals surface area contributed by atoms with E-state index in [4.69, 9.17) is 5.14 Å². The van der Waals surface area contributed by atoms with Gasteiger partial charge in [0.1, 0.15) is 0 Å². The quantitative estimate of drug-likeness (QED) is 0.891. The van der Waals surface area contributed by atoms with Crippen molar-refractivity contribution >= 4 is 15.7 Å². The second-order valence-corrected chi connectivity index (χ2v) is 7.14. The van der Waals surface area contributed by atoms with E-state index >= 15 is 0 Å². The first-order valence-electron chi connectivity index (χ1n) is 6.82. The Balaban J connectivity index is 1.93. The molecule has 1 aliphatic carbocycles. The lowest BCUT2D eigenvalue weighted by molar-refractivity contribution is 0.300. The number of sulfonamides is 1. The van der Waals surface area contributed by atoms with E-state index in [1.165, 1.54) is 31.7 Å². The van der Waals surface area contributed by atoms with Crippen LogP contribution in [0.5, 0.6) is 0 Å². The zero-order chi connectivity index (χ0) is 13.9. The standard InChI is InChI=1S/C14H22N2O2S/c1-11-5-7-12(8-6-11)10-16-13-3-2-4-14(9-13)19(15,17)18/h2-4,9,11-12,16H,5-8,10H2,1H3,(H2,15,17,18). The normalized spacial score (nSPS) is 24.1. The average molecular weight is 282 g/mol. The maximum Gasteiger partial charge on any atom is 0.238 e. The molecule has 0 radical (unpaired) electrons. The van der Waals surface area contributed by atoms with Crippen molar-refractivity contribution in [2.75, 3.05) is 11.9 Å². The van der Waals surface area contributed by atoms with Crippen LogP contribution in [0, 0.1) is 11.8 Å². The van der Waals surface area contributed by atoms with Crippen molar-refractivity contribution in [1.82, 2.24) is 0 Å². The monoisotopic (exact) mass is 282 g/mol. The van der Waals surface area contributed by atoms with Gasteiger partial charge in [-0.2, -0.15) is 0 Å². The lowest BCUT2D eigenvalue weighted by atomic mass is 9.83. The molecule has 106 valence electrons. The van der Waals surface area contributed by atoms with E-state index in [0.29, 0.717) is 5.92 Å². The molecule has 0 atom stereocenters. The number of rotatable bonds is 4. The molecule has 19 heavy (non-hydrogen) atoms. The molecule has 0 saturated heterocycles. The van der Waals surface area contributed by atoms with Crippen LogP contribution in [-0.2, 0) is 10.0 Å². The smallest absolute Gasteiger partial charge is 0.238 e. The van der Waals surface area contributed by atoms with Crippen molar-refractivity contribution in [2.45, 2.75) is 37.5 Å². The van der Waals surface area contributed by atoms with Gasteiger partial charge in [0.05, 0.1) is 4.90 Å². The van der Waals surface area contributed by atoms with Crippen LogP contribution in [0.4, 0.5) is 5.69 Å². The van der Waals surface area contributed by atoms with Gasteiger partial charge in [-0.15, -0.1) is 0 Å². The fourth-order valence-corrected chi connectivity index (χ4v) is 3.14. The Morgan fingerprint density at radius 2 is 1.95 bits per heavy atom. The number of benzene rings is 1. The number of nitrogens with one attached hydrogen (secondary N) is 1. The highest BCUT2D eigenvalue weighted by Gasteiger charge is 2.18. The van der Waals surface area contributed by atoms with Crippen molar-refractivity contribution in [1.29, 1.82) is 0 Å². The van der Waals surface area contributed by atoms with E-state index < -0.39 is 10.0 Å². The molecule has 1 saturated carbocycles. The maximum atomic E-state index is 11.3. The van der Waals surface area contributed by atoms with Crippen molar-refractivity contribution in [2.24, 2.45) is 17.0 Å². The number of primary sulfonamides is 1. The molecule has 1 fully saturated rings. The summed E-state index contributed by atoms with van der Waals surface area (Å²) in [5.74, 6) is 1.54. The highest BCUT2D eigenvalue weighted by atomic mass is 32.2. The summed E-state index contributed by atoms with van der Waals surface area (Å²) in [6.45, 7) is 3.21. The molecule has 1 aromatic rings. The summed E-state index contributed by atoms with van der Waals surface area (Å²) in [5, 5.41) is 8.45. The molecular weight excluding hydrogens is 260 g/mol. The third-order valence-corrected chi connectivity index (χ3v) is 4.80. The van der Waals surface area contributed by atoms with Gasteiger partial charge in [0.25, 0.3) is 0 Å². The number of nitrogens with two attached hydrogens (primary N) is 1. The number of hydrogen-bond donors (Lipinski definition) is 2. The first kappa shape index (κ1) is 14.3. The zero-order valence-electron chi connectivity index (χ0n) is 11.3. The minimum absolute atomic E-state index is 0.162. The van der Waals surface area contributed by atoms with Crippen molar-refractivity contribution < 1.29 is 8.42 Å². The third kappa shape index (κ3) is 4.21. The fourth-order valence-electron chi connectivity index (χ4n) is 2.58. The van der Waals surface area contributed by atoms with Gasteiger partial charge in [-0.05, 0) is 42.9 Å². The van der Waals surface area contributed by atoms with Crippen molar-refractivity contribution in [3.05, 3.63) is 24.3 Å². The van der Waals surface area contributed by atoms with Crippen molar-refractivity contribution in [3.8, 4) is 0 Å². The van der Waals surface area contributed by atoms with Gasteiger partial charge >= 0.3 is 0 Å². The van der Waals surface area contributed by atoms with Gasteiger partial charge in [0.2, 0.25) is 10.0 Å². The molecule has 0 aromatic heterocycles. The van der Waals surface area contributed by atoms with Gasteiger partial charge in [-0.1, -0.05) is 25.8 Å². The van der Waals surface area contributed by atoms with Crippen LogP contribution >= 0.6 is 0 Å². The second kappa shape index (κ2) is 5.92. The van der Waals surface area contributed by atoms with E-state index in [1.807, 2.05) is 6.07 Å². The first-order valence-corrected chi connectivity index (χ1v) is 8.36. The van der Waals surface area contributed by atoms with Crippen LogP contribution in [0.15, 0.2) is 29.2 Å². The minimum Gasteiger partial charge on any atom is -0.385 e. The van der Waals surface area contributed by atoms with Gasteiger partial charge < -0.3 is 5.32 Å². The Morgan fingerprint density at radius 1 is 1.26 bits per heavy atom. The number of anilines is 1. The van der Waals surface area contributed by atoms with E-state index in [-0.39, 0.29) is 4.90 Å². The summed E-state index contributed by atoms with van der Waals surface area (Å²) in [7, 11) is -3.62. The van der Waals surface area contributed by atoms with E-state index in [1.54, 1.807) is 12.1 Å². The van der Waals surface area contributed by atoms with Crippen LogP contribution in [0.2, 0.25) is 0 Å². The van der Waals surface area contributed by atoms with Crippen molar-refractivity contribution in [3.63, 3.8) is 0 Å². The van der Waals surface area contributed by atoms with E-state index in [2.05, 4.69) is 12.2 Å². The van der Waals surface area contributed by atoms with Gasteiger partial charge in [-0.3, -0.25) is 0 Å². The Bertz CT molecular complexity index is 520. The van der Waals surface area contributed by atoms with Gasteiger partial charge in [-0.25, -0.2) is 13.6 Å². The minimum atomic E-state index is -3.62. The lowest BCUT2D eigenvalue weighted by Crippen LogP contribution is -2.20. The highest BCUT2D eigenvalue weighted by molar-refractivity contribution is 7.89. The first-order chi connectivity index (χ1) is 8.95. The molecule has 0 bridgehead atoms. The largest absolute Gasteiger partial charge is 0.385 e. The molecular formula is C14H22N2O2S. The summed E-state index contributed by atoms with van der Waals surface area (Å²) < 4.78 is 22.6. The Morgan fingerprint density at radius 3 is 2.58 bits per heavy atom. The molecule has 1 aliphatic rings. The molecule has 0 spiro atoms. The Hall–Kier alpha value is -1.07. The van der Waals surface area contributed by atoms with Crippen LogP contribution in [0.3, 0.4) is 0 Å². The molecule has 5 heteroatoms. The third-order valence-electron chi connectivity index (χ3n) is 3.89. The number of hydrogen-bond acceptors (Lipinski definition) is 3. The van der Waals surface area contributed by atoms with Crippen LogP contribution in [-0.4, -0.2) is 15.0 Å². The predicted octanol–water partition coefficient (Wildman–Crippen LogP) is 2.57. The Kier molecular flexibility index (Phi) is 4.47. The lowest BCUT2D eigenvalue weighted by Gasteiger charge is -2.26. The molecule has 1 aromatic carbocycles. The summed E-state index contributed by atoms with van der Waals surface area (Å²) in [6.07, 6.45) is 5.10. The van der Waals surface area contributed by atoms with E-state index in [9.17, 15) is 8.42 Å². The molecule has 0 heterocycles. The molecule has 0 aliphatic heterocycles. The SMILES string of the molecule is CC1CCC(CNc2cccc(S(N)(=O)=O)c2)CC1. The summed E-state index contributed by atoms with van der Waals surface area (Å²) in [6, 6.07) is 6.70. The average Bonchev–Trinajstić information content (AvgIpc) is 2.37.